The van der Waals surface area contributed by atoms with Gasteiger partial charge in [-0.2, -0.15) is 0 Å². The van der Waals surface area contributed by atoms with Crippen LogP contribution in [0.4, 0.5) is 0 Å². The largest absolute Gasteiger partial charge is 0.307 e. The van der Waals surface area contributed by atoms with Gasteiger partial charge in [-0.15, -0.1) is 0 Å². The summed E-state index contributed by atoms with van der Waals surface area (Å²) >= 11 is 0. The molecule has 1 aliphatic rings. The molecule has 0 aromatic heterocycles. The summed E-state index contributed by atoms with van der Waals surface area (Å²) in [6, 6.07) is 10.1. The molecule has 0 amide bonds. The molecular formula is C18H29N. The van der Waals surface area contributed by atoms with Crippen LogP contribution < -0.4 is 5.32 Å². The fourth-order valence-corrected chi connectivity index (χ4v) is 2.57. The molecule has 1 aromatic carbocycles. The Labute approximate surface area is 118 Å². The zero-order chi connectivity index (χ0) is 14.3. The first-order valence-corrected chi connectivity index (χ1v) is 7.59. The summed E-state index contributed by atoms with van der Waals surface area (Å²) in [6.45, 7) is 13.8. The van der Waals surface area contributed by atoms with Crippen molar-refractivity contribution in [3.05, 3.63) is 35.4 Å². The van der Waals surface area contributed by atoms with Crippen LogP contribution in [0.25, 0.3) is 0 Å². The Morgan fingerprint density at radius 1 is 1.05 bits per heavy atom. The van der Waals surface area contributed by atoms with Crippen LogP contribution in [-0.2, 0) is 5.41 Å². The van der Waals surface area contributed by atoms with Gasteiger partial charge in [0.25, 0.3) is 0 Å². The molecule has 0 aliphatic heterocycles. The van der Waals surface area contributed by atoms with Crippen molar-refractivity contribution >= 4 is 0 Å². The van der Waals surface area contributed by atoms with Gasteiger partial charge in [0.05, 0.1) is 0 Å². The Morgan fingerprint density at radius 2 is 1.58 bits per heavy atom. The third-order valence-electron chi connectivity index (χ3n) is 4.86. The van der Waals surface area contributed by atoms with Gasteiger partial charge >= 0.3 is 0 Å². The van der Waals surface area contributed by atoms with E-state index in [0.717, 1.165) is 0 Å². The summed E-state index contributed by atoms with van der Waals surface area (Å²) in [5.41, 5.74) is 3.58. The maximum absolute atomic E-state index is 3.76. The molecule has 1 saturated carbocycles. The van der Waals surface area contributed by atoms with E-state index in [1.807, 2.05) is 0 Å². The topological polar surface area (TPSA) is 12.0 Å². The third-order valence-corrected chi connectivity index (χ3v) is 4.86. The van der Waals surface area contributed by atoms with Gasteiger partial charge < -0.3 is 5.32 Å². The lowest BCUT2D eigenvalue weighted by molar-refractivity contribution is 0.350. The lowest BCUT2D eigenvalue weighted by Gasteiger charge is -2.26. The van der Waals surface area contributed by atoms with Crippen molar-refractivity contribution in [1.82, 2.24) is 5.32 Å². The van der Waals surface area contributed by atoms with Gasteiger partial charge in [0.15, 0.2) is 0 Å². The van der Waals surface area contributed by atoms with E-state index in [1.54, 1.807) is 0 Å². The number of nitrogens with one attached hydrogen (secondary N) is 1. The molecule has 0 saturated heterocycles. The van der Waals surface area contributed by atoms with Crippen LogP contribution in [0.15, 0.2) is 24.3 Å². The quantitative estimate of drug-likeness (QED) is 0.817. The molecule has 2 atom stereocenters. The number of hydrogen-bond donors (Lipinski definition) is 1. The van der Waals surface area contributed by atoms with E-state index in [4.69, 9.17) is 0 Å². The second-order valence-electron chi connectivity index (χ2n) is 7.64. The SMILES string of the molecule is CC(NC(C)C1(C)CC1)c1ccc(C(C)(C)C)cc1. The molecule has 0 spiro atoms. The Hall–Kier alpha value is -0.820. The van der Waals surface area contributed by atoms with Crippen molar-refractivity contribution in [2.75, 3.05) is 0 Å². The van der Waals surface area contributed by atoms with Crippen LogP contribution in [0.1, 0.15) is 71.6 Å². The fraction of sp³-hybridized carbons (Fsp3) is 0.667. The van der Waals surface area contributed by atoms with Crippen molar-refractivity contribution in [2.45, 2.75) is 71.9 Å². The first-order chi connectivity index (χ1) is 8.72. The number of hydrogen-bond acceptors (Lipinski definition) is 1. The third kappa shape index (κ3) is 3.39. The highest BCUT2D eigenvalue weighted by atomic mass is 15.0. The van der Waals surface area contributed by atoms with E-state index in [-0.39, 0.29) is 5.41 Å². The molecule has 0 radical (unpaired) electrons. The highest BCUT2D eigenvalue weighted by Gasteiger charge is 2.42. The van der Waals surface area contributed by atoms with E-state index in [0.29, 0.717) is 17.5 Å². The first kappa shape index (κ1) is 14.6. The van der Waals surface area contributed by atoms with Crippen molar-refractivity contribution < 1.29 is 0 Å². The monoisotopic (exact) mass is 259 g/mol. The summed E-state index contributed by atoms with van der Waals surface area (Å²) in [4.78, 5) is 0. The maximum atomic E-state index is 3.76. The molecule has 2 rings (SSSR count). The minimum atomic E-state index is 0.240. The average molecular weight is 259 g/mol. The second-order valence-corrected chi connectivity index (χ2v) is 7.64. The molecule has 2 unspecified atom stereocenters. The first-order valence-electron chi connectivity index (χ1n) is 7.59. The zero-order valence-electron chi connectivity index (χ0n) is 13.4. The predicted octanol–water partition coefficient (Wildman–Crippen LogP) is 4.82. The smallest absolute Gasteiger partial charge is 0.0294 e. The lowest BCUT2D eigenvalue weighted by atomic mass is 9.86. The van der Waals surface area contributed by atoms with E-state index in [1.165, 1.54) is 24.0 Å². The molecule has 1 aliphatic carbocycles. The standard InChI is InChI=1S/C18H29N/c1-13(19-14(2)18(6)11-12-18)15-7-9-16(10-8-15)17(3,4)5/h7-10,13-14,19H,11-12H2,1-6H3. The number of rotatable bonds is 4. The lowest BCUT2D eigenvalue weighted by Crippen LogP contribution is -2.35. The molecule has 106 valence electrons. The molecule has 1 N–H and O–H groups in total. The van der Waals surface area contributed by atoms with Crippen LogP contribution in [-0.4, -0.2) is 6.04 Å². The summed E-state index contributed by atoms with van der Waals surface area (Å²) < 4.78 is 0. The normalized spacial score (nSPS) is 20.9. The van der Waals surface area contributed by atoms with E-state index in [9.17, 15) is 0 Å². The van der Waals surface area contributed by atoms with Gasteiger partial charge in [-0.1, -0.05) is 52.0 Å². The molecule has 1 aromatic rings. The fourth-order valence-electron chi connectivity index (χ4n) is 2.57. The van der Waals surface area contributed by atoms with E-state index < -0.39 is 0 Å². The summed E-state index contributed by atoms with van der Waals surface area (Å²) in [5, 5.41) is 3.76. The van der Waals surface area contributed by atoms with E-state index >= 15 is 0 Å². The van der Waals surface area contributed by atoms with Gasteiger partial charge in [0.1, 0.15) is 0 Å². The van der Waals surface area contributed by atoms with Gasteiger partial charge in [-0.25, -0.2) is 0 Å². The molecule has 0 bridgehead atoms. The van der Waals surface area contributed by atoms with Gasteiger partial charge in [0, 0.05) is 12.1 Å². The Balaban J connectivity index is 2.01. The molecule has 0 heterocycles. The van der Waals surface area contributed by atoms with Crippen molar-refractivity contribution in [3.63, 3.8) is 0 Å². The summed E-state index contributed by atoms with van der Waals surface area (Å²) in [6.07, 6.45) is 2.74. The Bertz CT molecular complexity index is 420. The molecule has 19 heavy (non-hydrogen) atoms. The highest BCUT2D eigenvalue weighted by molar-refractivity contribution is 5.29. The van der Waals surface area contributed by atoms with Crippen molar-refractivity contribution in [1.29, 1.82) is 0 Å². The van der Waals surface area contributed by atoms with Crippen LogP contribution in [0, 0.1) is 5.41 Å². The Morgan fingerprint density at radius 3 is 2.00 bits per heavy atom. The highest BCUT2D eigenvalue weighted by Crippen LogP contribution is 2.48. The van der Waals surface area contributed by atoms with Crippen LogP contribution in [0.3, 0.4) is 0 Å². The van der Waals surface area contributed by atoms with Crippen molar-refractivity contribution in [2.24, 2.45) is 5.41 Å². The molecule has 1 fully saturated rings. The zero-order valence-corrected chi connectivity index (χ0v) is 13.4. The molecule has 1 nitrogen and oxygen atoms in total. The van der Waals surface area contributed by atoms with Crippen LogP contribution in [0.2, 0.25) is 0 Å². The van der Waals surface area contributed by atoms with Crippen LogP contribution >= 0.6 is 0 Å². The summed E-state index contributed by atoms with van der Waals surface area (Å²) in [7, 11) is 0. The van der Waals surface area contributed by atoms with Gasteiger partial charge in [-0.05, 0) is 48.6 Å². The minimum absolute atomic E-state index is 0.240. The second kappa shape index (κ2) is 4.94. The van der Waals surface area contributed by atoms with Gasteiger partial charge in [0.2, 0.25) is 0 Å². The Kier molecular flexibility index (Phi) is 3.79. The van der Waals surface area contributed by atoms with E-state index in [2.05, 4.69) is 71.1 Å². The molecule has 1 heteroatoms. The predicted molar refractivity (Wildman–Crippen MR) is 83.5 cm³/mol. The maximum Gasteiger partial charge on any atom is 0.0294 e. The minimum Gasteiger partial charge on any atom is -0.307 e. The van der Waals surface area contributed by atoms with Crippen molar-refractivity contribution in [3.8, 4) is 0 Å². The molecular weight excluding hydrogens is 230 g/mol. The average Bonchev–Trinajstić information content (AvgIpc) is 3.08. The van der Waals surface area contributed by atoms with Crippen LogP contribution in [0.5, 0.6) is 0 Å². The van der Waals surface area contributed by atoms with Gasteiger partial charge in [-0.3, -0.25) is 0 Å². The summed E-state index contributed by atoms with van der Waals surface area (Å²) in [5.74, 6) is 0. The number of benzene rings is 1.